The molecule has 1 N–H and O–H groups in total. The van der Waals surface area contributed by atoms with E-state index in [-0.39, 0.29) is 0 Å². The van der Waals surface area contributed by atoms with Crippen LogP contribution in [0.15, 0.2) is 0 Å². The van der Waals surface area contributed by atoms with Gasteiger partial charge in [0.1, 0.15) is 0 Å². The maximum Gasteiger partial charge on any atom is 0.203 e. The van der Waals surface area contributed by atoms with Crippen molar-refractivity contribution in [1.29, 1.82) is 0 Å². The molecule has 0 bridgehead atoms. The summed E-state index contributed by atoms with van der Waals surface area (Å²) in [6.07, 6.45) is 1.86. The summed E-state index contributed by atoms with van der Waals surface area (Å²) in [6.45, 7) is 5.56. The minimum Gasteiger partial charge on any atom is -0.312 e. The first-order chi connectivity index (χ1) is 6.09. The molecule has 0 saturated carbocycles. The highest BCUT2D eigenvalue weighted by Gasteiger charge is 2.20. The quantitative estimate of drug-likeness (QED) is 0.638. The minimum absolute atomic E-state index is 0.484. The molecular weight excluding hydrogens is 188 g/mol. The zero-order valence-electron chi connectivity index (χ0n) is 8.19. The lowest BCUT2D eigenvalue weighted by atomic mass is 10.1. The summed E-state index contributed by atoms with van der Waals surface area (Å²) >= 11 is 0. The normalized spacial score (nSPS) is 21.5. The van der Waals surface area contributed by atoms with Gasteiger partial charge in [-0.15, -0.1) is 0 Å². The molecule has 0 atom stereocenters. The van der Waals surface area contributed by atoms with E-state index in [2.05, 4.69) is 19.2 Å². The van der Waals surface area contributed by atoms with Crippen molar-refractivity contribution in [3.8, 4) is 0 Å². The van der Waals surface area contributed by atoms with Crippen LogP contribution >= 0.6 is 0 Å². The number of hydrogen-bond donors (Lipinski definition) is 2. The molecule has 0 unspecified atom stereocenters. The molecule has 0 amide bonds. The number of nitrogens with one attached hydrogen (secondary N) is 1. The summed E-state index contributed by atoms with van der Waals surface area (Å²) in [5, 5.41) is 3.42. The highest BCUT2D eigenvalue weighted by Crippen LogP contribution is 2.10. The van der Waals surface area contributed by atoms with Crippen molar-refractivity contribution in [2.24, 2.45) is 0 Å². The number of rotatable bonds is 3. The molecule has 0 aromatic rings. The van der Waals surface area contributed by atoms with E-state index in [4.69, 9.17) is 0 Å². The summed E-state index contributed by atoms with van der Waals surface area (Å²) in [5.74, 6) is 0. The molecule has 0 spiro atoms. The Morgan fingerprint density at radius 1 is 1.31 bits per heavy atom. The molecule has 1 heterocycles. The van der Waals surface area contributed by atoms with Gasteiger partial charge in [-0.2, -0.15) is 0 Å². The van der Waals surface area contributed by atoms with Gasteiger partial charge in [0.25, 0.3) is 0 Å². The monoisotopic (exact) mass is 206 g/mol. The van der Waals surface area contributed by atoms with Gasteiger partial charge in [0.2, 0.25) is 10.9 Å². The standard InChI is InChI=1S/C8H18N2O2S/c1-7(2)9-8-3-5-10(6-4-8)13(11)12/h7-9,13H,3-6H2,1-2H3. The summed E-state index contributed by atoms with van der Waals surface area (Å²) < 4.78 is 22.8. The van der Waals surface area contributed by atoms with Crippen LogP contribution in [0.3, 0.4) is 0 Å². The number of hydrogen-bond acceptors (Lipinski definition) is 3. The molecule has 1 rings (SSSR count). The molecule has 5 heteroatoms. The smallest absolute Gasteiger partial charge is 0.203 e. The molecular formula is C8H18N2O2S. The fourth-order valence-electron chi connectivity index (χ4n) is 1.67. The average Bonchev–Trinajstić information content (AvgIpc) is 2.04. The van der Waals surface area contributed by atoms with Crippen molar-refractivity contribution in [2.75, 3.05) is 13.1 Å². The van der Waals surface area contributed by atoms with E-state index in [0.29, 0.717) is 25.2 Å². The lowest BCUT2D eigenvalue weighted by molar-refractivity contribution is 0.285. The lowest BCUT2D eigenvalue weighted by Crippen LogP contribution is -2.44. The fraction of sp³-hybridized carbons (Fsp3) is 1.00. The van der Waals surface area contributed by atoms with Crippen molar-refractivity contribution >= 4 is 10.9 Å². The van der Waals surface area contributed by atoms with Gasteiger partial charge in [0, 0.05) is 25.2 Å². The third-order valence-corrected chi connectivity index (χ3v) is 3.13. The van der Waals surface area contributed by atoms with E-state index in [9.17, 15) is 8.42 Å². The Kier molecular flexibility index (Phi) is 4.15. The van der Waals surface area contributed by atoms with Gasteiger partial charge in [0.15, 0.2) is 0 Å². The molecule has 1 fully saturated rings. The van der Waals surface area contributed by atoms with Crippen molar-refractivity contribution in [3.05, 3.63) is 0 Å². The number of thiol groups is 1. The van der Waals surface area contributed by atoms with E-state index in [0.717, 1.165) is 12.8 Å². The molecule has 1 aliphatic heterocycles. The average molecular weight is 206 g/mol. The van der Waals surface area contributed by atoms with Gasteiger partial charge in [-0.05, 0) is 12.8 Å². The second-order valence-corrected chi connectivity index (χ2v) is 4.83. The first-order valence-corrected chi connectivity index (χ1v) is 5.88. The largest absolute Gasteiger partial charge is 0.312 e. The Morgan fingerprint density at radius 2 is 1.85 bits per heavy atom. The highest BCUT2D eigenvalue weighted by atomic mass is 32.2. The van der Waals surface area contributed by atoms with Crippen LogP contribution in [0.1, 0.15) is 26.7 Å². The van der Waals surface area contributed by atoms with E-state index in [1.807, 2.05) is 0 Å². The Labute approximate surface area is 81.4 Å². The molecule has 0 radical (unpaired) electrons. The predicted molar refractivity (Wildman–Crippen MR) is 53.2 cm³/mol. The fourth-order valence-corrected chi connectivity index (χ4v) is 2.22. The molecule has 1 aliphatic rings. The third kappa shape index (κ3) is 3.62. The van der Waals surface area contributed by atoms with Crippen LogP contribution in [0.25, 0.3) is 0 Å². The molecule has 0 aromatic carbocycles. The molecule has 0 aliphatic carbocycles. The van der Waals surface area contributed by atoms with Crippen LogP contribution in [0.4, 0.5) is 0 Å². The predicted octanol–water partition coefficient (Wildman–Crippen LogP) is -0.0248. The van der Waals surface area contributed by atoms with Crippen LogP contribution in [0.2, 0.25) is 0 Å². The van der Waals surface area contributed by atoms with Crippen LogP contribution in [0, 0.1) is 0 Å². The molecule has 1 saturated heterocycles. The van der Waals surface area contributed by atoms with Gasteiger partial charge < -0.3 is 5.32 Å². The van der Waals surface area contributed by atoms with E-state index < -0.39 is 10.9 Å². The number of piperidine rings is 1. The zero-order valence-corrected chi connectivity index (χ0v) is 9.09. The Bertz CT molecular complexity index is 212. The third-order valence-electron chi connectivity index (χ3n) is 2.27. The van der Waals surface area contributed by atoms with Crippen molar-refractivity contribution in [2.45, 2.75) is 38.8 Å². The summed E-state index contributed by atoms with van der Waals surface area (Å²) in [4.78, 5) is 0. The van der Waals surface area contributed by atoms with Gasteiger partial charge >= 0.3 is 0 Å². The van der Waals surface area contributed by atoms with Gasteiger partial charge in [0.05, 0.1) is 0 Å². The van der Waals surface area contributed by atoms with Crippen LogP contribution in [-0.4, -0.2) is 37.9 Å². The van der Waals surface area contributed by atoms with Gasteiger partial charge in [-0.3, -0.25) is 0 Å². The van der Waals surface area contributed by atoms with Gasteiger partial charge in [-0.1, -0.05) is 13.8 Å². The molecule has 78 valence electrons. The van der Waals surface area contributed by atoms with E-state index >= 15 is 0 Å². The topological polar surface area (TPSA) is 49.4 Å². The Balaban J connectivity index is 2.30. The number of nitrogens with zero attached hydrogens (tertiary/aromatic N) is 1. The lowest BCUT2D eigenvalue weighted by Gasteiger charge is -2.29. The van der Waals surface area contributed by atoms with Crippen molar-refractivity contribution in [3.63, 3.8) is 0 Å². The molecule has 4 nitrogen and oxygen atoms in total. The maximum absolute atomic E-state index is 10.6. The van der Waals surface area contributed by atoms with E-state index in [1.165, 1.54) is 4.31 Å². The van der Waals surface area contributed by atoms with E-state index in [1.54, 1.807) is 0 Å². The van der Waals surface area contributed by atoms with Crippen LogP contribution < -0.4 is 5.32 Å². The summed E-state index contributed by atoms with van der Waals surface area (Å²) in [6, 6.07) is 0.976. The highest BCUT2D eigenvalue weighted by molar-refractivity contribution is 7.69. The maximum atomic E-state index is 10.6. The summed E-state index contributed by atoms with van der Waals surface area (Å²) in [5.41, 5.74) is 0. The Morgan fingerprint density at radius 3 is 2.23 bits per heavy atom. The van der Waals surface area contributed by atoms with Gasteiger partial charge in [-0.25, -0.2) is 12.7 Å². The second-order valence-electron chi connectivity index (χ2n) is 3.79. The minimum atomic E-state index is -2.35. The van der Waals surface area contributed by atoms with Crippen LogP contribution in [-0.2, 0) is 10.9 Å². The molecule has 0 aromatic heterocycles. The van der Waals surface area contributed by atoms with Crippen LogP contribution in [0.5, 0.6) is 0 Å². The second kappa shape index (κ2) is 4.93. The van der Waals surface area contributed by atoms with Crippen molar-refractivity contribution < 1.29 is 8.42 Å². The zero-order chi connectivity index (χ0) is 9.84. The SMILES string of the molecule is CC(C)NC1CCN([SH](=O)=O)CC1. The Hall–Kier alpha value is -0.130. The first-order valence-electron chi connectivity index (χ1n) is 4.75. The molecule has 13 heavy (non-hydrogen) atoms. The summed E-state index contributed by atoms with van der Waals surface area (Å²) in [7, 11) is -2.35. The first kappa shape index (κ1) is 10.9. The van der Waals surface area contributed by atoms with Crippen molar-refractivity contribution in [1.82, 2.24) is 9.62 Å².